The van der Waals surface area contributed by atoms with Gasteiger partial charge < -0.3 is 5.32 Å². The van der Waals surface area contributed by atoms with Gasteiger partial charge in [0.25, 0.3) is 0 Å². The van der Waals surface area contributed by atoms with Gasteiger partial charge in [0.05, 0.1) is 5.71 Å². The SMILES string of the molecule is CNC(=O)ON=C(CSC)C1(C)CCCCC1. The third-order valence-electron chi connectivity index (χ3n) is 3.38. The average Bonchev–Trinajstić information content (AvgIpc) is 2.34. The van der Waals surface area contributed by atoms with Gasteiger partial charge >= 0.3 is 6.09 Å². The molecule has 1 aliphatic rings. The molecule has 1 amide bonds. The van der Waals surface area contributed by atoms with Gasteiger partial charge in [-0.05, 0) is 19.1 Å². The summed E-state index contributed by atoms with van der Waals surface area (Å²) in [6, 6.07) is 0. The van der Waals surface area contributed by atoms with E-state index in [9.17, 15) is 4.79 Å². The van der Waals surface area contributed by atoms with E-state index in [-0.39, 0.29) is 5.41 Å². The van der Waals surface area contributed by atoms with Gasteiger partial charge in [-0.2, -0.15) is 11.8 Å². The Labute approximate surface area is 108 Å². The van der Waals surface area contributed by atoms with Crippen molar-refractivity contribution in [2.75, 3.05) is 19.1 Å². The lowest BCUT2D eigenvalue weighted by molar-refractivity contribution is 0.150. The first-order valence-corrected chi connectivity index (χ1v) is 7.47. The molecule has 1 fully saturated rings. The lowest BCUT2D eigenvalue weighted by atomic mass is 9.73. The predicted molar refractivity (Wildman–Crippen MR) is 72.5 cm³/mol. The molecule has 1 aliphatic carbocycles. The van der Waals surface area contributed by atoms with Gasteiger partial charge in [0, 0.05) is 18.2 Å². The van der Waals surface area contributed by atoms with Crippen LogP contribution in [-0.2, 0) is 4.84 Å². The summed E-state index contributed by atoms with van der Waals surface area (Å²) >= 11 is 1.72. The standard InChI is InChI=1S/C12H22N2O2S/c1-12(7-5-4-6-8-12)10(9-17-3)14-16-11(15)13-2/h4-9H2,1-3H3,(H,13,15). The second-order valence-corrected chi connectivity index (χ2v) is 5.59. The minimum absolute atomic E-state index is 0.106. The van der Waals surface area contributed by atoms with Crippen LogP contribution in [0.2, 0.25) is 0 Å². The summed E-state index contributed by atoms with van der Waals surface area (Å²) in [7, 11) is 1.54. The van der Waals surface area contributed by atoms with Crippen LogP contribution in [0.4, 0.5) is 4.79 Å². The quantitative estimate of drug-likeness (QED) is 0.479. The number of rotatable bonds is 4. The van der Waals surface area contributed by atoms with Crippen LogP contribution in [-0.4, -0.2) is 30.9 Å². The van der Waals surface area contributed by atoms with E-state index in [1.54, 1.807) is 11.8 Å². The van der Waals surface area contributed by atoms with Gasteiger partial charge in [-0.15, -0.1) is 0 Å². The lowest BCUT2D eigenvalue weighted by Crippen LogP contribution is -2.32. The Bertz CT molecular complexity index is 286. The number of oxime groups is 1. The Hall–Kier alpha value is -0.710. The van der Waals surface area contributed by atoms with Gasteiger partial charge in [0.1, 0.15) is 0 Å². The van der Waals surface area contributed by atoms with Crippen molar-refractivity contribution in [1.82, 2.24) is 5.32 Å². The highest BCUT2D eigenvalue weighted by molar-refractivity contribution is 7.99. The Morgan fingerprint density at radius 1 is 1.41 bits per heavy atom. The molecule has 4 nitrogen and oxygen atoms in total. The molecule has 0 heterocycles. The zero-order chi connectivity index (χ0) is 12.7. The average molecular weight is 258 g/mol. The number of carbonyl (C=O) groups excluding carboxylic acids is 1. The van der Waals surface area contributed by atoms with Crippen LogP contribution in [0.1, 0.15) is 39.0 Å². The molecular weight excluding hydrogens is 236 g/mol. The maximum atomic E-state index is 11.1. The Kier molecular flexibility index (Phi) is 5.82. The van der Waals surface area contributed by atoms with Crippen molar-refractivity contribution in [3.8, 4) is 0 Å². The lowest BCUT2D eigenvalue weighted by Gasteiger charge is -2.34. The summed E-state index contributed by atoms with van der Waals surface area (Å²) < 4.78 is 0. The summed E-state index contributed by atoms with van der Waals surface area (Å²) in [4.78, 5) is 15.9. The van der Waals surface area contributed by atoms with E-state index in [1.807, 2.05) is 6.26 Å². The summed E-state index contributed by atoms with van der Waals surface area (Å²) in [5.41, 5.74) is 1.11. The Morgan fingerprint density at radius 2 is 2.06 bits per heavy atom. The highest BCUT2D eigenvalue weighted by Crippen LogP contribution is 2.38. The van der Waals surface area contributed by atoms with E-state index in [4.69, 9.17) is 4.84 Å². The third kappa shape index (κ3) is 4.22. The molecule has 0 bridgehead atoms. The van der Waals surface area contributed by atoms with Crippen LogP contribution in [0.25, 0.3) is 0 Å². The molecule has 17 heavy (non-hydrogen) atoms. The first kappa shape index (κ1) is 14.4. The molecule has 0 radical (unpaired) electrons. The number of thioether (sulfide) groups is 1. The monoisotopic (exact) mass is 258 g/mol. The molecule has 0 atom stereocenters. The highest BCUT2D eigenvalue weighted by atomic mass is 32.2. The van der Waals surface area contributed by atoms with Gasteiger partial charge in [-0.1, -0.05) is 31.3 Å². The van der Waals surface area contributed by atoms with Gasteiger partial charge in [-0.3, -0.25) is 4.84 Å². The second-order valence-electron chi connectivity index (χ2n) is 4.72. The van der Waals surface area contributed by atoms with Crippen LogP contribution in [0.3, 0.4) is 0 Å². The molecule has 0 aromatic heterocycles. The number of nitrogens with one attached hydrogen (secondary N) is 1. The van der Waals surface area contributed by atoms with Crippen molar-refractivity contribution < 1.29 is 9.63 Å². The van der Waals surface area contributed by atoms with Crippen molar-refractivity contribution in [3.63, 3.8) is 0 Å². The molecule has 1 saturated carbocycles. The number of hydrogen-bond donors (Lipinski definition) is 1. The fourth-order valence-electron chi connectivity index (χ4n) is 2.21. The highest BCUT2D eigenvalue weighted by Gasteiger charge is 2.32. The van der Waals surface area contributed by atoms with Crippen LogP contribution >= 0.6 is 11.8 Å². The molecule has 0 spiro atoms. The molecule has 5 heteroatoms. The molecule has 1 rings (SSSR count). The number of hydrogen-bond acceptors (Lipinski definition) is 4. The van der Waals surface area contributed by atoms with Crippen molar-refractivity contribution >= 4 is 23.6 Å². The summed E-state index contributed by atoms with van der Waals surface area (Å²) in [5, 5.41) is 6.47. The number of nitrogens with zero attached hydrogens (tertiary/aromatic N) is 1. The minimum Gasteiger partial charge on any atom is -0.323 e. The third-order valence-corrected chi connectivity index (χ3v) is 3.94. The smallest absolute Gasteiger partial charge is 0.323 e. The van der Waals surface area contributed by atoms with Crippen molar-refractivity contribution in [2.45, 2.75) is 39.0 Å². The summed E-state index contributed by atoms with van der Waals surface area (Å²) in [6.45, 7) is 2.23. The predicted octanol–water partition coefficient (Wildman–Crippen LogP) is 3.03. The fraction of sp³-hybridized carbons (Fsp3) is 0.833. The molecule has 1 N–H and O–H groups in total. The second kappa shape index (κ2) is 6.89. The fourth-order valence-corrected chi connectivity index (χ4v) is 2.88. The van der Waals surface area contributed by atoms with Gasteiger partial charge in [-0.25, -0.2) is 4.79 Å². The van der Waals surface area contributed by atoms with Crippen molar-refractivity contribution in [2.24, 2.45) is 10.6 Å². The minimum atomic E-state index is -0.497. The zero-order valence-corrected chi connectivity index (χ0v) is 11.7. The number of amides is 1. The molecule has 0 saturated heterocycles. The van der Waals surface area contributed by atoms with E-state index >= 15 is 0 Å². The van der Waals surface area contributed by atoms with E-state index in [0.29, 0.717) is 0 Å². The van der Waals surface area contributed by atoms with Crippen LogP contribution in [0, 0.1) is 5.41 Å². The molecular formula is C12H22N2O2S. The maximum Gasteiger partial charge on any atom is 0.433 e. The molecule has 0 aromatic rings. The summed E-state index contributed by atoms with van der Waals surface area (Å²) in [5.74, 6) is 0.827. The normalized spacial score (nSPS) is 19.8. The maximum absolute atomic E-state index is 11.1. The van der Waals surface area contributed by atoms with E-state index in [2.05, 4.69) is 17.4 Å². The topological polar surface area (TPSA) is 50.7 Å². The first-order chi connectivity index (χ1) is 8.12. The van der Waals surface area contributed by atoms with Gasteiger partial charge in [0.2, 0.25) is 0 Å². The largest absolute Gasteiger partial charge is 0.433 e. The van der Waals surface area contributed by atoms with Crippen molar-refractivity contribution in [3.05, 3.63) is 0 Å². The Morgan fingerprint density at radius 3 is 2.59 bits per heavy atom. The first-order valence-electron chi connectivity index (χ1n) is 6.07. The zero-order valence-electron chi connectivity index (χ0n) is 10.9. The van der Waals surface area contributed by atoms with Crippen LogP contribution in [0.15, 0.2) is 5.16 Å². The van der Waals surface area contributed by atoms with Crippen LogP contribution in [0.5, 0.6) is 0 Å². The van der Waals surface area contributed by atoms with E-state index < -0.39 is 6.09 Å². The molecule has 98 valence electrons. The molecule has 0 aliphatic heterocycles. The van der Waals surface area contributed by atoms with Crippen molar-refractivity contribution in [1.29, 1.82) is 0 Å². The molecule has 0 unspecified atom stereocenters. The summed E-state index contributed by atoms with van der Waals surface area (Å²) in [6.07, 6.45) is 7.61. The number of carbonyl (C=O) groups is 1. The van der Waals surface area contributed by atoms with E-state index in [0.717, 1.165) is 24.3 Å². The van der Waals surface area contributed by atoms with Gasteiger partial charge in [0.15, 0.2) is 0 Å². The molecule has 0 aromatic carbocycles. The van der Waals surface area contributed by atoms with Crippen LogP contribution < -0.4 is 5.32 Å². The van der Waals surface area contributed by atoms with E-state index in [1.165, 1.54) is 26.3 Å². The Balaban J connectivity index is 2.72.